The molecular formula is C52H69N7O7. The summed E-state index contributed by atoms with van der Waals surface area (Å²) in [4.78, 5) is 66.3. The number of hydrogen-bond acceptors (Lipinski definition) is 10. The van der Waals surface area contributed by atoms with Crippen LogP contribution >= 0.6 is 0 Å². The summed E-state index contributed by atoms with van der Waals surface area (Å²) in [5, 5.41) is 16.9. The lowest BCUT2D eigenvalue weighted by molar-refractivity contribution is -0.155. The number of carbonyl (C=O) groups is 4. The van der Waals surface area contributed by atoms with E-state index in [2.05, 4.69) is 59.2 Å². The van der Waals surface area contributed by atoms with Gasteiger partial charge in [0.05, 0.1) is 30.0 Å². The van der Waals surface area contributed by atoms with Crippen molar-refractivity contribution in [2.75, 3.05) is 40.4 Å². The molecule has 0 radical (unpaired) electrons. The molecule has 14 nitrogen and oxygen atoms in total. The molecule has 2 aromatic heterocycles. The number of nitrogens with zero attached hydrogens (tertiary/aromatic N) is 5. The number of carbonyl (C=O) groups excluding carboxylic acids is 4. The van der Waals surface area contributed by atoms with E-state index in [1.54, 1.807) is 37.4 Å². The van der Waals surface area contributed by atoms with Crippen molar-refractivity contribution in [3.8, 4) is 28.1 Å². The summed E-state index contributed by atoms with van der Waals surface area (Å²) in [6, 6.07) is 13.3. The molecule has 0 spiro atoms. The number of esters is 1. The van der Waals surface area contributed by atoms with Crippen LogP contribution < -0.4 is 10.7 Å². The number of aromatic nitrogens is 2. The number of fused-ring (bicyclic) bond motifs is 7. The quantitative estimate of drug-likeness (QED) is 0.153. The molecular weight excluding hydrogens is 835 g/mol. The van der Waals surface area contributed by atoms with Crippen molar-refractivity contribution < 1.29 is 33.8 Å². The SMILES string of the molecule is CCn1c(-c2cccnc2[C@H](C)OC)c2c3cc(ccc31)-c1cc(O)cc(c1)C[C@H](NC(=O)C(C(C)C)N(C)C(=O)C1CC3CCCCN3C1)C(=O)N1CCC[C@H](N1)C(=O)OCC(C)(C)C2. The first kappa shape index (κ1) is 47.2. The van der Waals surface area contributed by atoms with Gasteiger partial charge in [-0.05, 0) is 123 Å². The molecule has 8 rings (SSSR count). The Hall–Kier alpha value is -5.31. The topological polar surface area (TPSA) is 159 Å². The minimum Gasteiger partial charge on any atom is -0.508 e. The molecule has 3 fully saturated rings. The highest BCUT2D eigenvalue weighted by atomic mass is 16.5. The van der Waals surface area contributed by atoms with Gasteiger partial charge in [-0.2, -0.15) is 0 Å². The molecule has 14 heteroatoms. The second-order valence-corrected chi connectivity index (χ2v) is 20.2. The fraction of sp³-hybridized carbons (Fsp3) is 0.558. The summed E-state index contributed by atoms with van der Waals surface area (Å²) in [5.74, 6) is -1.78. The first-order valence-electron chi connectivity index (χ1n) is 24.1. The molecule has 3 unspecified atom stereocenters. The van der Waals surface area contributed by atoms with Crippen LogP contribution in [0.3, 0.4) is 0 Å². The Bertz CT molecular complexity index is 2450. The van der Waals surface area contributed by atoms with Crippen molar-refractivity contribution in [1.29, 1.82) is 0 Å². The van der Waals surface area contributed by atoms with Crippen LogP contribution in [-0.2, 0) is 48.0 Å². The largest absolute Gasteiger partial charge is 0.508 e. The number of hydrazine groups is 1. The number of aromatic hydroxyl groups is 1. The summed E-state index contributed by atoms with van der Waals surface area (Å²) in [6.45, 7) is 15.0. The Labute approximate surface area is 389 Å². The first-order chi connectivity index (χ1) is 31.6. The number of nitrogens with one attached hydrogen (secondary N) is 2. The van der Waals surface area contributed by atoms with E-state index in [0.717, 1.165) is 70.4 Å². The van der Waals surface area contributed by atoms with E-state index in [1.807, 2.05) is 39.0 Å². The zero-order chi connectivity index (χ0) is 47.0. The molecule has 66 heavy (non-hydrogen) atoms. The minimum absolute atomic E-state index is 0.0217. The van der Waals surface area contributed by atoms with Gasteiger partial charge in [0, 0.05) is 74.3 Å². The molecule has 6 bridgehead atoms. The van der Waals surface area contributed by atoms with E-state index in [0.29, 0.717) is 50.5 Å². The minimum atomic E-state index is -1.10. The van der Waals surface area contributed by atoms with E-state index in [-0.39, 0.29) is 42.6 Å². The third-order valence-electron chi connectivity index (χ3n) is 14.5. The van der Waals surface area contributed by atoms with Gasteiger partial charge in [-0.3, -0.25) is 34.1 Å². The Morgan fingerprint density at radius 1 is 1.05 bits per heavy atom. The van der Waals surface area contributed by atoms with Gasteiger partial charge < -0.3 is 29.4 Å². The lowest BCUT2D eigenvalue weighted by Gasteiger charge is -2.37. The second-order valence-electron chi connectivity index (χ2n) is 20.2. The van der Waals surface area contributed by atoms with Crippen molar-refractivity contribution in [3.63, 3.8) is 0 Å². The zero-order valence-electron chi connectivity index (χ0n) is 40.1. The number of ether oxygens (including phenoxy) is 2. The lowest BCUT2D eigenvalue weighted by Crippen LogP contribution is -2.62. The fourth-order valence-corrected chi connectivity index (χ4v) is 11.1. The van der Waals surface area contributed by atoms with Crippen LogP contribution in [0.1, 0.15) is 103 Å². The van der Waals surface area contributed by atoms with E-state index in [9.17, 15) is 24.3 Å². The van der Waals surface area contributed by atoms with Gasteiger partial charge in [-0.25, -0.2) is 5.43 Å². The average Bonchev–Trinajstić information content (AvgIpc) is 3.87. The number of pyridine rings is 1. The second kappa shape index (κ2) is 19.5. The summed E-state index contributed by atoms with van der Waals surface area (Å²) in [6.07, 6.45) is 7.32. The zero-order valence-corrected chi connectivity index (χ0v) is 40.1. The van der Waals surface area contributed by atoms with Crippen LogP contribution in [0.5, 0.6) is 5.75 Å². The number of rotatable bonds is 9. The lowest BCUT2D eigenvalue weighted by atomic mass is 9.84. The van der Waals surface area contributed by atoms with Gasteiger partial charge in [0.2, 0.25) is 11.8 Å². The summed E-state index contributed by atoms with van der Waals surface area (Å²) < 4.78 is 14.3. The molecule has 3 amide bonds. The summed E-state index contributed by atoms with van der Waals surface area (Å²) in [5.41, 5.74) is 9.79. The molecule has 4 aromatic rings. The molecule has 3 saturated heterocycles. The summed E-state index contributed by atoms with van der Waals surface area (Å²) in [7, 11) is 3.39. The van der Waals surface area contributed by atoms with E-state index >= 15 is 0 Å². The molecule has 0 aliphatic carbocycles. The van der Waals surface area contributed by atoms with Gasteiger partial charge in [-0.1, -0.05) is 46.2 Å². The molecule has 6 atom stereocenters. The number of phenolic OH excluding ortho intramolecular Hbond substituents is 1. The highest BCUT2D eigenvalue weighted by molar-refractivity contribution is 5.96. The third kappa shape index (κ3) is 9.59. The predicted molar refractivity (Wildman–Crippen MR) is 254 cm³/mol. The van der Waals surface area contributed by atoms with Gasteiger partial charge in [-0.15, -0.1) is 0 Å². The van der Waals surface area contributed by atoms with Crippen molar-refractivity contribution in [3.05, 3.63) is 71.5 Å². The molecule has 4 aliphatic heterocycles. The van der Waals surface area contributed by atoms with Crippen molar-refractivity contribution in [2.45, 2.75) is 130 Å². The van der Waals surface area contributed by atoms with Gasteiger partial charge in [0.15, 0.2) is 0 Å². The Balaban J connectivity index is 1.19. The molecule has 2 aromatic carbocycles. The Morgan fingerprint density at radius 2 is 1.85 bits per heavy atom. The first-order valence-corrected chi connectivity index (χ1v) is 24.1. The van der Waals surface area contributed by atoms with Crippen molar-refractivity contribution >= 4 is 34.6 Å². The predicted octanol–water partition coefficient (Wildman–Crippen LogP) is 6.81. The number of benzene rings is 2. The molecule has 3 N–H and O–H groups in total. The molecule has 354 valence electrons. The van der Waals surface area contributed by atoms with Crippen LogP contribution in [0, 0.1) is 17.3 Å². The standard InChI is InChI=1S/C52H69N7O7/c1-9-58-44-18-17-34-27-40(44)41(47(58)39-15-12-19-53-45(39)32(4)65-8)28-52(5,6)30-66-51(64)42-16-13-21-59(55-42)50(63)43(24-33-22-35(34)26-38(60)23-33)54-48(61)46(31(2)3)56(7)49(62)36-25-37-14-10-11-20-57(37)29-36/h12,15,17-19,22-23,26-27,31-32,36-37,42-43,46,55,60H,9-11,13-14,16,20-21,24-25,28-30H2,1-8H3,(H,54,61)/t32-,36?,37?,42-,43-,46?/m0/s1. The van der Waals surface area contributed by atoms with Crippen LogP contribution in [-0.4, -0.2) is 118 Å². The van der Waals surface area contributed by atoms with Gasteiger partial charge >= 0.3 is 5.97 Å². The van der Waals surface area contributed by atoms with Gasteiger partial charge in [0.1, 0.15) is 23.9 Å². The van der Waals surface area contributed by atoms with E-state index in [1.165, 1.54) is 11.4 Å². The Morgan fingerprint density at radius 3 is 2.59 bits per heavy atom. The van der Waals surface area contributed by atoms with Crippen LogP contribution in [0.25, 0.3) is 33.3 Å². The number of phenols is 1. The number of likely N-dealkylation sites (N-methyl/N-ethyl adjacent to an activating group) is 1. The van der Waals surface area contributed by atoms with Gasteiger partial charge in [0.25, 0.3) is 5.91 Å². The Kier molecular flexibility index (Phi) is 13.9. The number of hydrogen-bond donors (Lipinski definition) is 3. The average molecular weight is 904 g/mol. The molecule has 6 heterocycles. The molecule has 4 aliphatic rings. The van der Waals surface area contributed by atoms with E-state index < -0.39 is 41.3 Å². The number of aryl methyl sites for hydroxylation is 1. The van der Waals surface area contributed by atoms with Crippen molar-refractivity contribution in [1.82, 2.24) is 35.1 Å². The fourth-order valence-electron chi connectivity index (χ4n) is 11.1. The normalized spacial score (nSPS) is 23.5. The molecule has 0 saturated carbocycles. The number of methoxy groups -OCH3 is 1. The highest BCUT2D eigenvalue weighted by Gasteiger charge is 2.42. The maximum Gasteiger partial charge on any atom is 0.324 e. The third-order valence-corrected chi connectivity index (χ3v) is 14.5. The number of cyclic esters (lactones) is 1. The summed E-state index contributed by atoms with van der Waals surface area (Å²) >= 11 is 0. The smallest absolute Gasteiger partial charge is 0.324 e. The monoisotopic (exact) mass is 904 g/mol. The van der Waals surface area contributed by atoms with Crippen LogP contribution in [0.15, 0.2) is 54.7 Å². The van der Waals surface area contributed by atoms with Crippen molar-refractivity contribution in [2.24, 2.45) is 17.3 Å². The maximum absolute atomic E-state index is 14.8. The maximum atomic E-state index is 14.8. The number of amides is 3. The van der Waals surface area contributed by atoms with Crippen LogP contribution in [0.2, 0.25) is 0 Å². The van der Waals surface area contributed by atoms with Crippen LogP contribution in [0.4, 0.5) is 0 Å². The number of piperidine rings is 1. The highest BCUT2D eigenvalue weighted by Crippen LogP contribution is 2.42. The van der Waals surface area contributed by atoms with E-state index in [4.69, 9.17) is 14.5 Å².